The summed E-state index contributed by atoms with van der Waals surface area (Å²) in [6.07, 6.45) is 0.463. The number of hydrogen-bond acceptors (Lipinski definition) is 3. The number of nitrogens with one attached hydrogen (secondary N) is 1. The number of carbonyl (C=O) groups excluding carboxylic acids is 1. The molecule has 0 spiro atoms. The van der Waals surface area contributed by atoms with Crippen LogP contribution in [0, 0.1) is 20.8 Å². The van der Waals surface area contributed by atoms with Gasteiger partial charge in [0.15, 0.2) is 0 Å². The SMILES string of the molecule is Cc1ccc(NC(=O)CCSc2cc(C)c3cccc(C)c3n2)cc1. The molecule has 3 nitrogen and oxygen atoms in total. The molecule has 0 saturated heterocycles. The van der Waals surface area contributed by atoms with Crippen LogP contribution in [0.3, 0.4) is 0 Å². The van der Waals surface area contributed by atoms with E-state index in [0.717, 1.165) is 16.2 Å². The fraction of sp³-hybridized carbons (Fsp3) is 0.238. The molecule has 0 aliphatic carbocycles. The van der Waals surface area contributed by atoms with Crippen molar-refractivity contribution in [2.45, 2.75) is 32.2 Å². The summed E-state index contributed by atoms with van der Waals surface area (Å²) in [6.45, 7) is 6.22. The van der Waals surface area contributed by atoms with Gasteiger partial charge in [0, 0.05) is 23.2 Å². The third-order valence-electron chi connectivity index (χ3n) is 4.14. The van der Waals surface area contributed by atoms with Crippen LogP contribution in [0.15, 0.2) is 53.6 Å². The number of aryl methyl sites for hydroxylation is 3. The molecule has 1 aromatic heterocycles. The summed E-state index contributed by atoms with van der Waals surface area (Å²) in [6, 6.07) is 16.2. The molecular formula is C21H22N2OS. The molecule has 0 bridgehead atoms. The molecule has 0 fully saturated rings. The van der Waals surface area contributed by atoms with Gasteiger partial charge in [0.25, 0.3) is 0 Å². The molecule has 0 saturated carbocycles. The molecule has 4 heteroatoms. The fourth-order valence-corrected chi connectivity index (χ4v) is 3.63. The first-order valence-corrected chi connectivity index (χ1v) is 9.38. The van der Waals surface area contributed by atoms with Crippen LogP contribution in [0.5, 0.6) is 0 Å². The third kappa shape index (κ3) is 4.40. The van der Waals surface area contributed by atoms with E-state index in [-0.39, 0.29) is 5.91 Å². The van der Waals surface area contributed by atoms with Gasteiger partial charge in [0.1, 0.15) is 0 Å². The Labute approximate surface area is 152 Å². The Bertz CT molecular complexity index is 904. The van der Waals surface area contributed by atoms with Crippen LogP contribution in [0.1, 0.15) is 23.1 Å². The van der Waals surface area contributed by atoms with E-state index in [1.54, 1.807) is 11.8 Å². The van der Waals surface area contributed by atoms with Gasteiger partial charge in [-0.05, 0) is 50.1 Å². The van der Waals surface area contributed by atoms with Gasteiger partial charge in [0.2, 0.25) is 5.91 Å². The second kappa shape index (κ2) is 7.70. The lowest BCUT2D eigenvalue weighted by molar-refractivity contribution is -0.115. The highest BCUT2D eigenvalue weighted by atomic mass is 32.2. The van der Waals surface area contributed by atoms with Crippen LogP contribution in [0.25, 0.3) is 10.9 Å². The molecule has 1 N–H and O–H groups in total. The van der Waals surface area contributed by atoms with Gasteiger partial charge in [-0.25, -0.2) is 4.98 Å². The number of pyridine rings is 1. The number of rotatable bonds is 5. The number of nitrogens with zero attached hydrogens (tertiary/aromatic N) is 1. The highest BCUT2D eigenvalue weighted by Gasteiger charge is 2.07. The van der Waals surface area contributed by atoms with E-state index in [4.69, 9.17) is 4.98 Å². The van der Waals surface area contributed by atoms with E-state index in [2.05, 4.69) is 43.4 Å². The van der Waals surface area contributed by atoms with Gasteiger partial charge in [-0.2, -0.15) is 0 Å². The van der Waals surface area contributed by atoms with Crippen molar-refractivity contribution in [3.8, 4) is 0 Å². The van der Waals surface area contributed by atoms with Gasteiger partial charge >= 0.3 is 0 Å². The van der Waals surface area contributed by atoms with Gasteiger partial charge in [-0.1, -0.05) is 35.9 Å². The quantitative estimate of drug-likeness (QED) is 0.637. The van der Waals surface area contributed by atoms with Crippen molar-refractivity contribution in [1.82, 2.24) is 4.98 Å². The van der Waals surface area contributed by atoms with Crippen molar-refractivity contribution in [3.63, 3.8) is 0 Å². The molecule has 0 radical (unpaired) electrons. The molecule has 3 rings (SSSR count). The minimum atomic E-state index is 0.0324. The molecule has 128 valence electrons. The largest absolute Gasteiger partial charge is 0.326 e. The zero-order valence-corrected chi connectivity index (χ0v) is 15.6. The van der Waals surface area contributed by atoms with E-state index in [9.17, 15) is 4.79 Å². The maximum absolute atomic E-state index is 12.1. The normalized spacial score (nSPS) is 10.8. The van der Waals surface area contributed by atoms with E-state index in [1.807, 2.05) is 31.2 Å². The zero-order chi connectivity index (χ0) is 17.8. The summed E-state index contributed by atoms with van der Waals surface area (Å²) in [5.41, 5.74) is 5.48. The Hall–Kier alpha value is -2.33. The van der Waals surface area contributed by atoms with Crippen molar-refractivity contribution in [1.29, 1.82) is 0 Å². The van der Waals surface area contributed by atoms with Gasteiger partial charge in [0.05, 0.1) is 10.5 Å². The van der Waals surface area contributed by atoms with Crippen molar-refractivity contribution >= 4 is 34.3 Å². The Morgan fingerprint density at radius 1 is 1.04 bits per heavy atom. The molecular weight excluding hydrogens is 328 g/mol. The van der Waals surface area contributed by atoms with Crippen LogP contribution in [0.2, 0.25) is 0 Å². The first kappa shape index (κ1) is 17.5. The van der Waals surface area contributed by atoms with E-state index >= 15 is 0 Å². The highest BCUT2D eigenvalue weighted by Crippen LogP contribution is 2.26. The molecule has 0 unspecified atom stereocenters. The van der Waals surface area contributed by atoms with Crippen molar-refractivity contribution in [2.24, 2.45) is 0 Å². The third-order valence-corrected chi connectivity index (χ3v) is 5.05. The molecule has 0 aliphatic heterocycles. The highest BCUT2D eigenvalue weighted by molar-refractivity contribution is 7.99. The average molecular weight is 350 g/mol. The van der Waals surface area contributed by atoms with Gasteiger partial charge in [-0.15, -0.1) is 11.8 Å². The van der Waals surface area contributed by atoms with Crippen LogP contribution < -0.4 is 5.32 Å². The van der Waals surface area contributed by atoms with E-state index in [0.29, 0.717) is 12.2 Å². The summed E-state index contributed by atoms with van der Waals surface area (Å²) < 4.78 is 0. The molecule has 0 atom stereocenters. The Morgan fingerprint density at radius 3 is 2.56 bits per heavy atom. The number of hydrogen-bond donors (Lipinski definition) is 1. The van der Waals surface area contributed by atoms with Crippen molar-refractivity contribution in [2.75, 3.05) is 11.1 Å². The number of aromatic nitrogens is 1. The predicted molar refractivity (Wildman–Crippen MR) is 106 cm³/mol. The lowest BCUT2D eigenvalue weighted by Gasteiger charge is -2.08. The van der Waals surface area contributed by atoms with E-state index < -0.39 is 0 Å². The minimum Gasteiger partial charge on any atom is -0.326 e. The van der Waals surface area contributed by atoms with Gasteiger partial charge < -0.3 is 5.32 Å². The zero-order valence-electron chi connectivity index (χ0n) is 14.8. The second-order valence-corrected chi connectivity index (χ2v) is 7.38. The Kier molecular flexibility index (Phi) is 5.39. The second-order valence-electron chi connectivity index (χ2n) is 6.26. The summed E-state index contributed by atoms with van der Waals surface area (Å²) in [7, 11) is 0. The van der Waals surface area contributed by atoms with Crippen molar-refractivity contribution in [3.05, 3.63) is 65.2 Å². The molecule has 25 heavy (non-hydrogen) atoms. The molecule has 3 aromatic rings. The number of amides is 1. The first-order valence-electron chi connectivity index (χ1n) is 8.39. The Balaban J connectivity index is 1.60. The number of anilines is 1. The maximum Gasteiger partial charge on any atom is 0.225 e. The number of para-hydroxylation sites is 1. The summed E-state index contributed by atoms with van der Waals surface area (Å²) in [4.78, 5) is 16.8. The van der Waals surface area contributed by atoms with Crippen LogP contribution in [-0.2, 0) is 4.79 Å². The van der Waals surface area contributed by atoms with Crippen LogP contribution in [0.4, 0.5) is 5.69 Å². The number of carbonyl (C=O) groups is 1. The maximum atomic E-state index is 12.1. The fourth-order valence-electron chi connectivity index (χ4n) is 2.71. The summed E-state index contributed by atoms with van der Waals surface area (Å²) in [5, 5.41) is 5.10. The molecule has 0 aliphatic rings. The van der Waals surface area contributed by atoms with E-state index in [1.165, 1.54) is 22.1 Å². The Morgan fingerprint density at radius 2 is 1.80 bits per heavy atom. The smallest absolute Gasteiger partial charge is 0.225 e. The number of thioether (sulfide) groups is 1. The summed E-state index contributed by atoms with van der Waals surface area (Å²) in [5.74, 6) is 0.742. The summed E-state index contributed by atoms with van der Waals surface area (Å²) >= 11 is 1.63. The monoisotopic (exact) mass is 350 g/mol. The van der Waals surface area contributed by atoms with Gasteiger partial charge in [-0.3, -0.25) is 4.79 Å². The lowest BCUT2D eigenvalue weighted by Crippen LogP contribution is -2.12. The number of benzene rings is 2. The first-order chi connectivity index (χ1) is 12.0. The van der Waals surface area contributed by atoms with Crippen LogP contribution >= 0.6 is 11.8 Å². The molecule has 2 aromatic carbocycles. The van der Waals surface area contributed by atoms with Crippen LogP contribution in [-0.4, -0.2) is 16.6 Å². The predicted octanol–water partition coefficient (Wildman–Crippen LogP) is 5.28. The van der Waals surface area contributed by atoms with Crippen molar-refractivity contribution < 1.29 is 4.79 Å². The molecule has 1 amide bonds. The number of fused-ring (bicyclic) bond motifs is 1. The topological polar surface area (TPSA) is 42.0 Å². The lowest BCUT2D eigenvalue weighted by atomic mass is 10.1. The molecule has 1 heterocycles. The standard InChI is InChI=1S/C21H22N2OS/c1-14-7-9-17(10-8-14)22-19(24)11-12-25-20-13-16(3)18-6-4-5-15(2)21(18)23-20/h4-10,13H,11-12H2,1-3H3,(H,22,24). The minimum absolute atomic E-state index is 0.0324. The average Bonchev–Trinajstić information content (AvgIpc) is 2.58.